The number of anilines is 2. The minimum atomic E-state index is -4.56. The molecule has 0 unspecified atom stereocenters. The van der Waals surface area contributed by atoms with Gasteiger partial charge in [0.25, 0.3) is 5.89 Å². The molecule has 0 fully saturated rings. The van der Waals surface area contributed by atoms with E-state index < -0.39 is 11.7 Å². The van der Waals surface area contributed by atoms with Crippen LogP contribution < -0.4 is 16.0 Å². The number of nitrogens with one attached hydrogen (secondary N) is 2. The first kappa shape index (κ1) is 17.3. The molecule has 1 aromatic carbocycles. The monoisotopic (exact) mass is 376 g/mol. The summed E-state index contributed by atoms with van der Waals surface area (Å²) in [5.74, 6) is -0.0161. The van der Waals surface area contributed by atoms with E-state index in [9.17, 15) is 13.2 Å². The van der Waals surface area contributed by atoms with Gasteiger partial charge in [0.15, 0.2) is 0 Å². The third kappa shape index (κ3) is 3.08. The van der Waals surface area contributed by atoms with Gasteiger partial charge >= 0.3 is 6.18 Å². The van der Waals surface area contributed by atoms with Crippen LogP contribution in [0.4, 0.5) is 24.5 Å². The first-order valence-corrected chi connectivity index (χ1v) is 8.15. The number of hydrogen-bond donors (Lipinski definition) is 2. The second-order valence-corrected chi connectivity index (χ2v) is 6.27. The van der Waals surface area contributed by atoms with Gasteiger partial charge in [-0.25, -0.2) is 0 Å². The van der Waals surface area contributed by atoms with E-state index in [0.29, 0.717) is 5.56 Å². The molecule has 0 bridgehead atoms. The normalized spacial score (nSPS) is 13.8. The van der Waals surface area contributed by atoms with Crippen LogP contribution in [0.1, 0.15) is 19.4 Å². The third-order valence-corrected chi connectivity index (χ3v) is 4.12. The Labute approximate surface area is 152 Å². The van der Waals surface area contributed by atoms with Crippen LogP contribution in [-0.4, -0.2) is 21.2 Å². The summed E-state index contributed by atoms with van der Waals surface area (Å²) < 4.78 is 44.7. The van der Waals surface area contributed by atoms with E-state index in [1.807, 2.05) is 24.9 Å². The zero-order chi connectivity index (χ0) is 19.2. The second-order valence-electron chi connectivity index (χ2n) is 6.27. The van der Waals surface area contributed by atoms with Crippen LogP contribution in [0, 0.1) is 0 Å². The Morgan fingerprint density at radius 2 is 2.00 bits per heavy atom. The lowest BCUT2D eigenvalue weighted by Gasteiger charge is -2.21. The minimum absolute atomic E-state index is 0.127. The smallest absolute Gasteiger partial charge is 0.334 e. The van der Waals surface area contributed by atoms with Gasteiger partial charge in [-0.05, 0) is 38.1 Å². The highest BCUT2D eigenvalue weighted by molar-refractivity contribution is 5.78. The van der Waals surface area contributed by atoms with E-state index in [-0.39, 0.29) is 23.3 Å². The lowest BCUT2D eigenvalue weighted by Crippen LogP contribution is -2.41. The van der Waals surface area contributed by atoms with Gasteiger partial charge in [-0.1, -0.05) is 5.16 Å². The first-order chi connectivity index (χ1) is 12.8. The first-order valence-electron chi connectivity index (χ1n) is 8.15. The highest BCUT2D eigenvalue weighted by Gasteiger charge is 2.35. The van der Waals surface area contributed by atoms with Crippen molar-refractivity contribution in [2.45, 2.75) is 26.1 Å². The number of fused-ring (bicyclic) bond motifs is 1. The number of benzene rings is 1. The number of hydrazine groups is 2. The maximum absolute atomic E-state index is 13.2. The highest BCUT2D eigenvalue weighted by Crippen LogP contribution is 2.37. The fourth-order valence-corrected chi connectivity index (χ4v) is 2.83. The average molecular weight is 376 g/mol. The average Bonchev–Trinajstić information content (AvgIpc) is 3.27. The topological polar surface area (TPSA) is 79.1 Å². The molecular weight excluding hydrogens is 361 g/mol. The fourth-order valence-electron chi connectivity index (χ4n) is 2.83. The molecule has 27 heavy (non-hydrogen) atoms. The van der Waals surface area contributed by atoms with Crippen molar-refractivity contribution in [1.29, 1.82) is 0 Å². The molecule has 1 aliphatic heterocycles. The molecule has 2 N–H and O–H groups in total. The number of hydrogen-bond acceptors (Lipinski definition) is 7. The van der Waals surface area contributed by atoms with Crippen LogP contribution >= 0.6 is 0 Å². The number of alkyl halides is 3. The van der Waals surface area contributed by atoms with Crippen molar-refractivity contribution in [2.24, 2.45) is 0 Å². The maximum atomic E-state index is 13.2. The van der Waals surface area contributed by atoms with Gasteiger partial charge in [0.2, 0.25) is 5.82 Å². The van der Waals surface area contributed by atoms with Crippen LogP contribution in [0.2, 0.25) is 0 Å². The molecule has 0 spiro atoms. The molecule has 0 amide bonds. The van der Waals surface area contributed by atoms with Crippen LogP contribution in [0.25, 0.3) is 22.8 Å². The van der Waals surface area contributed by atoms with Crippen molar-refractivity contribution < 1.29 is 17.7 Å². The molecule has 0 radical (unpaired) electrons. The predicted molar refractivity (Wildman–Crippen MR) is 92.3 cm³/mol. The Hall–Kier alpha value is -3.14. The van der Waals surface area contributed by atoms with E-state index in [0.717, 1.165) is 17.6 Å². The van der Waals surface area contributed by atoms with Gasteiger partial charge in [0.1, 0.15) is 0 Å². The summed E-state index contributed by atoms with van der Waals surface area (Å²) in [5, 5.41) is 5.66. The summed E-state index contributed by atoms with van der Waals surface area (Å²) in [4.78, 5) is 7.67. The lowest BCUT2D eigenvalue weighted by molar-refractivity contribution is -0.137. The Morgan fingerprint density at radius 1 is 1.19 bits per heavy atom. The van der Waals surface area contributed by atoms with E-state index >= 15 is 0 Å². The zero-order valence-corrected chi connectivity index (χ0v) is 14.4. The van der Waals surface area contributed by atoms with Crippen molar-refractivity contribution in [1.82, 2.24) is 20.7 Å². The fraction of sp³-hybridized carbons (Fsp3) is 0.235. The van der Waals surface area contributed by atoms with Crippen molar-refractivity contribution in [3.05, 3.63) is 42.2 Å². The van der Waals surface area contributed by atoms with Crippen molar-refractivity contribution in [3.8, 4) is 22.8 Å². The number of halogens is 3. The standard InChI is InChI=1S/C17H15F3N6O/c1-9(2)26-14-4-3-10(7-13(14)23-25-26)16-22-15(24-27-16)11-5-6-21-8-12(11)17(18,19)20/h3-9,23,25H,1-2H3. The van der Waals surface area contributed by atoms with Crippen LogP contribution in [-0.2, 0) is 6.18 Å². The summed E-state index contributed by atoms with van der Waals surface area (Å²) in [6.07, 6.45) is -2.56. The molecule has 1 aliphatic rings. The van der Waals surface area contributed by atoms with E-state index in [1.54, 1.807) is 12.1 Å². The molecule has 0 atom stereocenters. The molecule has 0 aliphatic carbocycles. The van der Waals surface area contributed by atoms with Crippen molar-refractivity contribution in [2.75, 3.05) is 10.4 Å². The molecule has 3 heterocycles. The van der Waals surface area contributed by atoms with E-state index in [2.05, 4.69) is 26.1 Å². The molecule has 0 saturated carbocycles. The minimum Gasteiger partial charge on any atom is -0.334 e. The molecule has 10 heteroatoms. The number of rotatable bonds is 3. The van der Waals surface area contributed by atoms with Crippen molar-refractivity contribution in [3.63, 3.8) is 0 Å². The van der Waals surface area contributed by atoms with Gasteiger partial charge in [0.05, 0.1) is 16.9 Å². The summed E-state index contributed by atoms with van der Waals surface area (Å²) in [5.41, 5.74) is 7.33. The van der Waals surface area contributed by atoms with Crippen molar-refractivity contribution >= 4 is 11.4 Å². The van der Waals surface area contributed by atoms with Gasteiger partial charge in [-0.3, -0.25) is 9.99 Å². The van der Waals surface area contributed by atoms with Crippen LogP contribution in [0.5, 0.6) is 0 Å². The largest absolute Gasteiger partial charge is 0.418 e. The second kappa shape index (κ2) is 6.23. The number of nitrogens with zero attached hydrogens (tertiary/aromatic N) is 4. The molecule has 0 saturated heterocycles. The number of pyridine rings is 1. The van der Waals surface area contributed by atoms with Gasteiger partial charge in [0, 0.05) is 29.6 Å². The van der Waals surface area contributed by atoms with Gasteiger partial charge in [-0.2, -0.15) is 18.2 Å². The van der Waals surface area contributed by atoms with Crippen LogP contribution in [0.15, 0.2) is 41.2 Å². The molecule has 3 aromatic rings. The number of aromatic nitrogens is 3. The molecular formula is C17H15F3N6O. The predicted octanol–water partition coefficient (Wildman–Crippen LogP) is 3.88. The summed E-state index contributed by atoms with van der Waals surface area (Å²) in [6.45, 7) is 4.07. The maximum Gasteiger partial charge on any atom is 0.418 e. The van der Waals surface area contributed by atoms with Gasteiger partial charge < -0.3 is 9.95 Å². The Morgan fingerprint density at radius 3 is 2.74 bits per heavy atom. The highest BCUT2D eigenvalue weighted by atomic mass is 19.4. The molecule has 2 aromatic heterocycles. The molecule has 4 rings (SSSR count). The SMILES string of the molecule is CC(C)N1NNc2cc(-c3nc(-c4ccncc4C(F)(F)F)no3)ccc21. The summed E-state index contributed by atoms with van der Waals surface area (Å²) in [7, 11) is 0. The summed E-state index contributed by atoms with van der Waals surface area (Å²) >= 11 is 0. The Bertz CT molecular complexity index is 985. The van der Waals surface area contributed by atoms with E-state index in [4.69, 9.17) is 4.52 Å². The quantitative estimate of drug-likeness (QED) is 0.718. The molecule has 140 valence electrons. The lowest BCUT2D eigenvalue weighted by atomic mass is 10.1. The van der Waals surface area contributed by atoms with Gasteiger partial charge in [-0.15, -0.1) is 5.53 Å². The van der Waals surface area contributed by atoms with E-state index in [1.165, 1.54) is 12.3 Å². The third-order valence-electron chi connectivity index (χ3n) is 4.12. The summed E-state index contributed by atoms with van der Waals surface area (Å²) in [6, 6.07) is 6.88. The Kier molecular flexibility index (Phi) is 3.99. The molecule has 7 nitrogen and oxygen atoms in total. The van der Waals surface area contributed by atoms with Crippen LogP contribution in [0.3, 0.4) is 0 Å². The zero-order valence-electron chi connectivity index (χ0n) is 14.4. The Balaban J connectivity index is 1.69.